The first-order valence-corrected chi connectivity index (χ1v) is 6.04. The lowest BCUT2D eigenvalue weighted by Gasteiger charge is -2.49. The van der Waals surface area contributed by atoms with Crippen LogP contribution in [0.15, 0.2) is 4.99 Å². The molecular formula is C12H25N3O. The van der Waals surface area contributed by atoms with Gasteiger partial charge in [0.15, 0.2) is 5.96 Å². The van der Waals surface area contributed by atoms with Gasteiger partial charge >= 0.3 is 0 Å². The Morgan fingerprint density at radius 2 is 2.25 bits per heavy atom. The molecule has 0 spiro atoms. The van der Waals surface area contributed by atoms with Crippen LogP contribution in [-0.2, 0) is 4.74 Å². The van der Waals surface area contributed by atoms with E-state index in [1.54, 1.807) is 7.11 Å². The van der Waals surface area contributed by atoms with E-state index in [0.717, 1.165) is 12.8 Å². The Morgan fingerprint density at radius 1 is 1.62 bits per heavy atom. The summed E-state index contributed by atoms with van der Waals surface area (Å²) in [5.74, 6) is 0.557. The summed E-state index contributed by atoms with van der Waals surface area (Å²) in [6, 6.07) is 0.652. The maximum atomic E-state index is 5.87. The molecule has 1 aliphatic carbocycles. The van der Waals surface area contributed by atoms with E-state index >= 15 is 0 Å². The van der Waals surface area contributed by atoms with E-state index in [9.17, 15) is 0 Å². The van der Waals surface area contributed by atoms with Gasteiger partial charge in [0, 0.05) is 18.6 Å². The highest BCUT2D eigenvalue weighted by Crippen LogP contribution is 2.44. The van der Waals surface area contributed by atoms with Gasteiger partial charge in [-0.15, -0.1) is 0 Å². The number of aliphatic imine (C=N–C) groups is 1. The number of ether oxygens (including phenoxy) is 1. The smallest absolute Gasteiger partial charge is 0.189 e. The largest absolute Gasteiger partial charge is 0.381 e. The molecular weight excluding hydrogens is 202 g/mol. The van der Waals surface area contributed by atoms with E-state index in [1.807, 2.05) is 0 Å². The zero-order chi connectivity index (χ0) is 12.3. The van der Waals surface area contributed by atoms with Crippen molar-refractivity contribution in [3.63, 3.8) is 0 Å². The number of hydrogen-bond acceptors (Lipinski definition) is 2. The molecule has 1 aliphatic rings. The van der Waals surface area contributed by atoms with E-state index < -0.39 is 0 Å². The first kappa shape index (κ1) is 13.3. The Hall–Kier alpha value is -0.770. The highest BCUT2D eigenvalue weighted by Gasteiger charge is 2.48. The van der Waals surface area contributed by atoms with Crippen LogP contribution in [-0.4, -0.2) is 31.3 Å². The molecule has 3 N–H and O–H groups in total. The minimum atomic E-state index is 0.0938. The van der Waals surface area contributed by atoms with E-state index in [0.29, 0.717) is 18.1 Å². The van der Waals surface area contributed by atoms with Gasteiger partial charge < -0.3 is 15.8 Å². The molecule has 0 aromatic rings. The van der Waals surface area contributed by atoms with Crippen LogP contribution in [0.3, 0.4) is 0 Å². The SMILES string of the molecule is CCC(C)NC(N)=NC1CC(OC)C1(C)C. The van der Waals surface area contributed by atoms with Crippen molar-refractivity contribution in [1.29, 1.82) is 0 Å². The highest BCUT2D eigenvalue weighted by atomic mass is 16.5. The standard InChI is InChI=1S/C12H25N3O/c1-6-8(2)14-11(13)15-9-7-10(16-5)12(9,3)4/h8-10H,6-7H2,1-5H3,(H3,13,14,15). The molecule has 0 radical (unpaired) electrons. The molecule has 3 unspecified atom stereocenters. The van der Waals surface area contributed by atoms with Gasteiger partial charge in [-0.1, -0.05) is 20.8 Å². The molecule has 4 heteroatoms. The molecule has 3 atom stereocenters. The van der Waals surface area contributed by atoms with Gasteiger partial charge in [-0.3, -0.25) is 0 Å². The molecule has 0 aliphatic heterocycles. The molecule has 94 valence electrons. The molecule has 0 aromatic heterocycles. The van der Waals surface area contributed by atoms with Gasteiger partial charge in [0.1, 0.15) is 0 Å². The Labute approximate surface area is 98.6 Å². The maximum absolute atomic E-state index is 5.87. The fourth-order valence-electron chi connectivity index (χ4n) is 2.04. The summed E-state index contributed by atoms with van der Waals surface area (Å²) in [5.41, 5.74) is 5.96. The molecule has 0 saturated heterocycles. The Bertz CT molecular complexity index is 263. The zero-order valence-electron chi connectivity index (χ0n) is 11.1. The molecule has 0 heterocycles. The van der Waals surface area contributed by atoms with Crippen molar-refractivity contribution >= 4 is 5.96 Å². The van der Waals surface area contributed by atoms with Gasteiger partial charge in [-0.05, 0) is 19.8 Å². The van der Waals surface area contributed by atoms with Crippen molar-refractivity contribution in [2.75, 3.05) is 7.11 Å². The van der Waals surface area contributed by atoms with Crippen molar-refractivity contribution in [1.82, 2.24) is 5.32 Å². The number of nitrogens with one attached hydrogen (secondary N) is 1. The van der Waals surface area contributed by atoms with E-state index in [-0.39, 0.29) is 11.5 Å². The summed E-state index contributed by atoms with van der Waals surface area (Å²) in [5, 5.41) is 3.19. The molecule has 0 aromatic carbocycles. The Kier molecular flexibility index (Phi) is 4.19. The number of nitrogens with two attached hydrogens (primary N) is 1. The van der Waals surface area contributed by atoms with Crippen LogP contribution in [0.1, 0.15) is 40.5 Å². The van der Waals surface area contributed by atoms with Crippen molar-refractivity contribution < 1.29 is 4.74 Å². The molecule has 0 amide bonds. The third-order valence-corrected chi connectivity index (χ3v) is 3.71. The molecule has 1 saturated carbocycles. The fraction of sp³-hybridized carbons (Fsp3) is 0.917. The van der Waals surface area contributed by atoms with Crippen LogP contribution in [0.25, 0.3) is 0 Å². The predicted molar refractivity (Wildman–Crippen MR) is 67.5 cm³/mol. The summed E-state index contributed by atoms with van der Waals surface area (Å²) < 4.78 is 5.38. The summed E-state index contributed by atoms with van der Waals surface area (Å²) in [4.78, 5) is 4.52. The van der Waals surface area contributed by atoms with Crippen LogP contribution < -0.4 is 11.1 Å². The van der Waals surface area contributed by atoms with Crippen LogP contribution in [0, 0.1) is 5.41 Å². The molecule has 0 bridgehead atoms. The van der Waals surface area contributed by atoms with Crippen LogP contribution >= 0.6 is 0 Å². The lowest BCUT2D eigenvalue weighted by atomic mass is 9.65. The average Bonchev–Trinajstić information content (AvgIpc) is 2.23. The monoisotopic (exact) mass is 227 g/mol. The predicted octanol–water partition coefficient (Wildman–Crippen LogP) is 1.50. The van der Waals surface area contributed by atoms with E-state index in [4.69, 9.17) is 10.5 Å². The summed E-state index contributed by atoms with van der Waals surface area (Å²) in [6.45, 7) is 8.58. The summed E-state index contributed by atoms with van der Waals surface area (Å²) >= 11 is 0. The first-order valence-electron chi connectivity index (χ1n) is 6.04. The quantitative estimate of drug-likeness (QED) is 0.565. The van der Waals surface area contributed by atoms with Crippen molar-refractivity contribution in [2.45, 2.75) is 58.7 Å². The van der Waals surface area contributed by atoms with Crippen LogP contribution in [0.4, 0.5) is 0 Å². The normalized spacial score (nSPS) is 30.7. The lowest BCUT2D eigenvalue weighted by molar-refractivity contribution is -0.0851. The lowest BCUT2D eigenvalue weighted by Crippen LogP contribution is -2.54. The maximum Gasteiger partial charge on any atom is 0.189 e. The second-order valence-electron chi connectivity index (χ2n) is 5.27. The topological polar surface area (TPSA) is 59.6 Å². The van der Waals surface area contributed by atoms with Crippen LogP contribution in [0.2, 0.25) is 0 Å². The van der Waals surface area contributed by atoms with Gasteiger partial charge in [-0.2, -0.15) is 0 Å². The second-order valence-corrected chi connectivity index (χ2v) is 5.27. The highest BCUT2D eigenvalue weighted by molar-refractivity contribution is 5.78. The minimum absolute atomic E-state index is 0.0938. The fourth-order valence-corrected chi connectivity index (χ4v) is 2.04. The van der Waals surface area contributed by atoms with Crippen LogP contribution in [0.5, 0.6) is 0 Å². The number of nitrogens with zero attached hydrogens (tertiary/aromatic N) is 1. The van der Waals surface area contributed by atoms with Crippen molar-refractivity contribution in [3.8, 4) is 0 Å². The zero-order valence-corrected chi connectivity index (χ0v) is 11.1. The Balaban J connectivity index is 2.52. The van der Waals surface area contributed by atoms with E-state index in [1.165, 1.54) is 0 Å². The number of methoxy groups -OCH3 is 1. The number of hydrogen-bond donors (Lipinski definition) is 2. The minimum Gasteiger partial charge on any atom is -0.381 e. The molecule has 1 rings (SSSR count). The van der Waals surface area contributed by atoms with Gasteiger partial charge in [0.25, 0.3) is 0 Å². The summed E-state index contributed by atoms with van der Waals surface area (Å²) in [6.07, 6.45) is 2.31. The van der Waals surface area contributed by atoms with Gasteiger partial charge in [-0.25, -0.2) is 4.99 Å². The van der Waals surface area contributed by atoms with Crippen molar-refractivity contribution in [3.05, 3.63) is 0 Å². The number of rotatable bonds is 4. The average molecular weight is 227 g/mol. The van der Waals surface area contributed by atoms with E-state index in [2.05, 4.69) is 38.0 Å². The Morgan fingerprint density at radius 3 is 2.69 bits per heavy atom. The number of guanidine groups is 1. The summed E-state index contributed by atoms with van der Waals surface area (Å²) in [7, 11) is 1.76. The molecule has 1 fully saturated rings. The third-order valence-electron chi connectivity index (χ3n) is 3.71. The molecule has 4 nitrogen and oxygen atoms in total. The first-order chi connectivity index (χ1) is 7.41. The third kappa shape index (κ3) is 2.67. The van der Waals surface area contributed by atoms with Crippen molar-refractivity contribution in [2.24, 2.45) is 16.1 Å². The van der Waals surface area contributed by atoms with Gasteiger partial charge in [0.05, 0.1) is 12.1 Å². The molecule has 16 heavy (non-hydrogen) atoms. The van der Waals surface area contributed by atoms with Gasteiger partial charge in [0.2, 0.25) is 0 Å². The second kappa shape index (κ2) is 5.04.